The van der Waals surface area contributed by atoms with Gasteiger partial charge in [-0.1, -0.05) is 70.5 Å². The lowest BCUT2D eigenvalue weighted by molar-refractivity contribution is 0.100. The zero-order valence-electron chi connectivity index (χ0n) is 14.8. The molecule has 0 aromatic heterocycles. The number of rotatable bonds is 11. The van der Waals surface area contributed by atoms with Crippen molar-refractivity contribution in [3.05, 3.63) is 29.3 Å². The molecular formula is C18H30ClNO3S. The van der Waals surface area contributed by atoms with Gasteiger partial charge >= 0.3 is 0 Å². The van der Waals surface area contributed by atoms with E-state index < -0.39 is 22.2 Å². The van der Waals surface area contributed by atoms with Crippen LogP contribution in [0.2, 0.25) is 5.02 Å². The van der Waals surface area contributed by atoms with Crippen LogP contribution in [0, 0.1) is 5.92 Å². The van der Waals surface area contributed by atoms with E-state index in [0.717, 1.165) is 32.1 Å². The molecule has 0 spiro atoms. The Balaban J connectivity index is 2.85. The molecule has 0 bridgehead atoms. The Morgan fingerprint density at radius 2 is 1.92 bits per heavy atom. The molecule has 138 valence electrons. The van der Waals surface area contributed by atoms with Crippen molar-refractivity contribution in [2.75, 3.05) is 0 Å². The fraction of sp³-hybridized carbons (Fsp3) is 0.667. The number of aliphatic hydroxyl groups is 1. The summed E-state index contributed by atoms with van der Waals surface area (Å²) in [5.74, 6) is 0.0418. The van der Waals surface area contributed by atoms with Gasteiger partial charge in [-0.3, -0.25) is 0 Å². The largest absolute Gasteiger partial charge is 0.391 e. The van der Waals surface area contributed by atoms with E-state index in [4.69, 9.17) is 11.6 Å². The molecule has 0 fully saturated rings. The third-order valence-corrected chi connectivity index (χ3v) is 6.11. The van der Waals surface area contributed by atoms with Crippen molar-refractivity contribution < 1.29 is 13.5 Å². The third kappa shape index (κ3) is 6.71. The number of halogens is 1. The Bertz CT molecular complexity index is 592. The predicted octanol–water partition coefficient (Wildman–Crippen LogP) is 4.36. The highest BCUT2D eigenvalue weighted by Crippen LogP contribution is 2.21. The lowest BCUT2D eigenvalue weighted by Crippen LogP contribution is -2.47. The number of hydrogen-bond donors (Lipinski definition) is 2. The van der Waals surface area contributed by atoms with Gasteiger partial charge in [-0.05, 0) is 30.5 Å². The molecule has 0 heterocycles. The molecule has 0 radical (unpaired) electrons. The second-order valence-electron chi connectivity index (χ2n) is 6.41. The van der Waals surface area contributed by atoms with Crippen molar-refractivity contribution in [1.82, 2.24) is 4.72 Å². The first-order valence-corrected chi connectivity index (χ1v) is 10.6. The summed E-state index contributed by atoms with van der Waals surface area (Å²) >= 11 is 5.90. The summed E-state index contributed by atoms with van der Waals surface area (Å²) < 4.78 is 27.9. The zero-order chi connectivity index (χ0) is 18.2. The van der Waals surface area contributed by atoms with Crippen molar-refractivity contribution in [3.63, 3.8) is 0 Å². The van der Waals surface area contributed by atoms with Crippen LogP contribution in [-0.4, -0.2) is 25.7 Å². The van der Waals surface area contributed by atoms with Gasteiger partial charge in [0, 0.05) is 5.02 Å². The maximum absolute atomic E-state index is 12.6. The van der Waals surface area contributed by atoms with Gasteiger partial charge in [0.1, 0.15) is 0 Å². The Hall–Kier alpha value is -0.620. The predicted molar refractivity (Wildman–Crippen MR) is 99.8 cm³/mol. The summed E-state index contributed by atoms with van der Waals surface area (Å²) in [6.45, 7) is 6.09. The Morgan fingerprint density at radius 3 is 2.50 bits per heavy atom. The van der Waals surface area contributed by atoms with E-state index in [0.29, 0.717) is 11.4 Å². The lowest BCUT2D eigenvalue weighted by atomic mass is 9.92. The summed E-state index contributed by atoms with van der Waals surface area (Å²) in [5, 5.41) is 10.9. The van der Waals surface area contributed by atoms with E-state index in [9.17, 15) is 13.5 Å². The van der Waals surface area contributed by atoms with Gasteiger partial charge in [0.15, 0.2) is 0 Å². The topological polar surface area (TPSA) is 66.4 Å². The Kier molecular flexibility index (Phi) is 9.27. The highest BCUT2D eigenvalue weighted by Gasteiger charge is 2.29. The van der Waals surface area contributed by atoms with Crippen molar-refractivity contribution in [3.8, 4) is 0 Å². The minimum Gasteiger partial charge on any atom is -0.391 e. The summed E-state index contributed by atoms with van der Waals surface area (Å²) in [7, 11) is -3.71. The van der Waals surface area contributed by atoms with Gasteiger partial charge in [0.05, 0.1) is 17.0 Å². The number of nitrogens with one attached hydrogen (secondary N) is 1. The second kappa shape index (κ2) is 10.4. The number of aliphatic hydroxyl groups excluding tert-OH is 1. The maximum Gasteiger partial charge on any atom is 0.240 e. The molecule has 1 rings (SSSR count). The first-order chi connectivity index (χ1) is 11.3. The molecule has 0 saturated carbocycles. The fourth-order valence-corrected chi connectivity index (χ4v) is 4.35. The molecular weight excluding hydrogens is 346 g/mol. The molecule has 6 heteroatoms. The van der Waals surface area contributed by atoms with Crippen LogP contribution >= 0.6 is 11.6 Å². The van der Waals surface area contributed by atoms with E-state index in [1.54, 1.807) is 12.1 Å². The van der Waals surface area contributed by atoms with Gasteiger partial charge < -0.3 is 5.11 Å². The molecule has 0 saturated heterocycles. The third-order valence-electron chi connectivity index (χ3n) is 4.42. The number of benzene rings is 1. The van der Waals surface area contributed by atoms with Crippen molar-refractivity contribution in [2.24, 2.45) is 5.92 Å². The van der Waals surface area contributed by atoms with E-state index in [-0.39, 0.29) is 10.8 Å². The standard InChI is InChI=1S/C18H30ClNO3S/c1-4-6-7-8-12-17(21)18(14(3)5-2)20-24(22,23)16-11-9-10-15(19)13-16/h9-11,13-14,17-18,20-21H,4-8,12H2,1-3H3/t14-,17?,18-/m0/s1. The molecule has 1 aromatic rings. The quantitative estimate of drug-likeness (QED) is 0.564. The van der Waals surface area contributed by atoms with Crippen LogP contribution in [0.15, 0.2) is 29.2 Å². The number of sulfonamides is 1. The molecule has 3 atom stereocenters. The Labute approximate surface area is 151 Å². The molecule has 0 amide bonds. The summed E-state index contributed by atoms with van der Waals surface area (Å²) in [5.41, 5.74) is 0. The van der Waals surface area contributed by atoms with Crippen LogP contribution in [0.5, 0.6) is 0 Å². The van der Waals surface area contributed by atoms with Crippen molar-refractivity contribution in [1.29, 1.82) is 0 Å². The maximum atomic E-state index is 12.6. The minimum atomic E-state index is -3.71. The first kappa shape index (κ1) is 21.4. The van der Waals surface area contributed by atoms with Crippen LogP contribution in [0.4, 0.5) is 0 Å². The molecule has 4 nitrogen and oxygen atoms in total. The van der Waals surface area contributed by atoms with Crippen LogP contribution in [-0.2, 0) is 10.0 Å². The minimum absolute atomic E-state index is 0.0418. The van der Waals surface area contributed by atoms with Crippen LogP contribution in [0.1, 0.15) is 59.3 Å². The fourth-order valence-electron chi connectivity index (χ4n) is 2.67. The molecule has 1 unspecified atom stereocenters. The van der Waals surface area contributed by atoms with E-state index in [1.807, 2.05) is 13.8 Å². The Morgan fingerprint density at radius 1 is 1.21 bits per heavy atom. The van der Waals surface area contributed by atoms with E-state index in [2.05, 4.69) is 11.6 Å². The van der Waals surface area contributed by atoms with Crippen LogP contribution < -0.4 is 4.72 Å². The van der Waals surface area contributed by atoms with E-state index >= 15 is 0 Å². The summed E-state index contributed by atoms with van der Waals surface area (Å²) in [6.07, 6.45) is 4.93. The molecule has 24 heavy (non-hydrogen) atoms. The zero-order valence-corrected chi connectivity index (χ0v) is 16.4. The number of hydrogen-bond acceptors (Lipinski definition) is 3. The summed E-state index contributed by atoms with van der Waals surface area (Å²) in [6, 6.07) is 5.67. The highest BCUT2D eigenvalue weighted by molar-refractivity contribution is 7.89. The van der Waals surface area contributed by atoms with Gasteiger partial charge in [0.2, 0.25) is 10.0 Å². The van der Waals surface area contributed by atoms with Crippen LogP contribution in [0.25, 0.3) is 0 Å². The highest BCUT2D eigenvalue weighted by atomic mass is 35.5. The second-order valence-corrected chi connectivity index (χ2v) is 8.56. The smallest absolute Gasteiger partial charge is 0.240 e. The average Bonchev–Trinajstić information content (AvgIpc) is 2.55. The molecule has 0 aliphatic carbocycles. The molecule has 2 N–H and O–H groups in total. The molecule has 0 aliphatic heterocycles. The van der Waals surface area contributed by atoms with Gasteiger partial charge in [-0.15, -0.1) is 0 Å². The van der Waals surface area contributed by atoms with Gasteiger partial charge in [-0.2, -0.15) is 0 Å². The summed E-state index contributed by atoms with van der Waals surface area (Å²) in [4.78, 5) is 0.126. The number of unbranched alkanes of at least 4 members (excludes halogenated alkanes) is 3. The van der Waals surface area contributed by atoms with Crippen LogP contribution in [0.3, 0.4) is 0 Å². The lowest BCUT2D eigenvalue weighted by Gasteiger charge is -2.29. The molecule has 1 aromatic carbocycles. The molecule has 0 aliphatic rings. The van der Waals surface area contributed by atoms with Crippen molar-refractivity contribution >= 4 is 21.6 Å². The first-order valence-electron chi connectivity index (χ1n) is 8.77. The van der Waals surface area contributed by atoms with Crippen molar-refractivity contribution in [2.45, 2.75) is 76.3 Å². The van der Waals surface area contributed by atoms with Gasteiger partial charge in [0.25, 0.3) is 0 Å². The SMILES string of the molecule is CCCCCCC(O)[C@@H](NS(=O)(=O)c1cccc(Cl)c1)[C@@H](C)CC. The monoisotopic (exact) mass is 375 g/mol. The van der Waals surface area contributed by atoms with Gasteiger partial charge in [-0.25, -0.2) is 13.1 Å². The van der Waals surface area contributed by atoms with E-state index in [1.165, 1.54) is 12.1 Å². The average molecular weight is 376 g/mol. The normalized spacial score (nSPS) is 15.9.